The highest BCUT2D eigenvalue weighted by molar-refractivity contribution is 5.78. The van der Waals surface area contributed by atoms with Gasteiger partial charge in [-0.1, -0.05) is 51.1 Å². The van der Waals surface area contributed by atoms with E-state index in [9.17, 15) is 18.0 Å². The average molecular weight is 517 g/mol. The van der Waals surface area contributed by atoms with Crippen molar-refractivity contribution in [2.24, 2.45) is 11.1 Å². The molecule has 2 atom stereocenters. The van der Waals surface area contributed by atoms with E-state index >= 15 is 0 Å². The van der Waals surface area contributed by atoms with E-state index in [2.05, 4.69) is 0 Å². The number of nitrogens with two attached hydrogens (primary N) is 1. The lowest BCUT2D eigenvalue weighted by Gasteiger charge is -2.40. The van der Waals surface area contributed by atoms with E-state index in [0.717, 1.165) is 23.8 Å². The summed E-state index contributed by atoms with van der Waals surface area (Å²) in [5.74, 6) is -0.906. The Morgan fingerprint density at radius 2 is 1.86 bits per heavy atom. The zero-order valence-electron chi connectivity index (χ0n) is 21.8. The zero-order valence-corrected chi connectivity index (χ0v) is 21.8. The Kier molecular flexibility index (Phi) is 9.50. The number of carbonyl (C=O) groups excluding carboxylic acids is 1. The number of halogens is 3. The minimum Gasteiger partial charge on any atom is -0.375 e. The number of hydrogen-bond acceptors (Lipinski definition) is 4. The quantitative estimate of drug-likeness (QED) is 0.384. The Hall–Kier alpha value is -3.17. The number of alkyl halides is 1. The van der Waals surface area contributed by atoms with Crippen LogP contribution in [0.15, 0.2) is 54.7 Å². The lowest BCUT2D eigenvalue weighted by molar-refractivity contribution is -0.140. The third-order valence-corrected chi connectivity index (χ3v) is 6.13. The maximum Gasteiger partial charge on any atom is 0.249 e. The molecular formula is C28H35F3N4O2. The SMILES string of the molecule is COCC(=O)N(CC[C@@H](N)CF)[C@@H](c1nc(-c2ccccc2)cn1Cc1cc(F)ccc1F)C(C)(C)C. The Labute approximate surface area is 216 Å². The Balaban J connectivity index is 2.17. The van der Waals surface area contributed by atoms with Gasteiger partial charge in [-0.3, -0.25) is 4.79 Å². The monoisotopic (exact) mass is 516 g/mol. The van der Waals surface area contributed by atoms with Crippen molar-refractivity contribution in [2.75, 3.05) is 26.9 Å². The molecule has 0 aliphatic heterocycles. The van der Waals surface area contributed by atoms with Gasteiger partial charge in [0.05, 0.1) is 18.3 Å². The van der Waals surface area contributed by atoms with Gasteiger partial charge < -0.3 is 19.9 Å². The van der Waals surface area contributed by atoms with Gasteiger partial charge in [0, 0.05) is 37.0 Å². The molecule has 0 unspecified atom stereocenters. The molecule has 0 aliphatic carbocycles. The molecule has 200 valence electrons. The first-order chi connectivity index (χ1) is 17.5. The van der Waals surface area contributed by atoms with Gasteiger partial charge in [0.15, 0.2) is 0 Å². The fraction of sp³-hybridized carbons (Fsp3) is 0.429. The van der Waals surface area contributed by atoms with Crippen molar-refractivity contribution in [1.82, 2.24) is 14.5 Å². The van der Waals surface area contributed by atoms with Crippen LogP contribution in [-0.4, -0.2) is 53.3 Å². The minimum absolute atomic E-state index is 0.00163. The summed E-state index contributed by atoms with van der Waals surface area (Å²) in [4.78, 5) is 19.8. The number of hydrogen-bond donors (Lipinski definition) is 1. The summed E-state index contributed by atoms with van der Waals surface area (Å²) in [6.45, 7) is 5.18. The molecule has 0 fully saturated rings. The molecule has 1 amide bonds. The van der Waals surface area contributed by atoms with Crippen LogP contribution < -0.4 is 5.73 Å². The van der Waals surface area contributed by atoms with Crippen molar-refractivity contribution >= 4 is 5.91 Å². The lowest BCUT2D eigenvalue weighted by Crippen LogP contribution is -2.45. The van der Waals surface area contributed by atoms with E-state index in [1.807, 2.05) is 51.1 Å². The van der Waals surface area contributed by atoms with Crippen LogP contribution in [0.25, 0.3) is 11.3 Å². The number of ether oxygens (including phenoxy) is 1. The maximum atomic E-state index is 14.7. The molecule has 0 aliphatic rings. The number of nitrogens with zero attached hydrogens (tertiary/aromatic N) is 3. The van der Waals surface area contributed by atoms with Crippen LogP contribution in [0.1, 0.15) is 44.6 Å². The number of rotatable bonds is 11. The number of amides is 1. The molecule has 3 rings (SSSR count). The van der Waals surface area contributed by atoms with E-state index in [1.54, 1.807) is 15.7 Å². The smallest absolute Gasteiger partial charge is 0.249 e. The molecule has 9 heteroatoms. The van der Waals surface area contributed by atoms with Crippen molar-refractivity contribution in [3.63, 3.8) is 0 Å². The van der Waals surface area contributed by atoms with Gasteiger partial charge in [-0.15, -0.1) is 0 Å². The highest BCUT2D eigenvalue weighted by Crippen LogP contribution is 2.39. The fourth-order valence-electron chi connectivity index (χ4n) is 4.35. The highest BCUT2D eigenvalue weighted by Gasteiger charge is 2.38. The molecule has 2 N–H and O–H groups in total. The molecular weight excluding hydrogens is 481 g/mol. The van der Waals surface area contributed by atoms with Gasteiger partial charge in [-0.25, -0.2) is 18.2 Å². The fourth-order valence-corrected chi connectivity index (χ4v) is 4.35. The molecule has 0 radical (unpaired) electrons. The van der Waals surface area contributed by atoms with Gasteiger partial charge in [0.2, 0.25) is 5.91 Å². The standard InChI is InChI=1S/C28H35F3N4O2/c1-28(2,3)26(35(25(36)18-37-4)13-12-22(32)15-29)27-33-24(19-8-6-5-7-9-19)17-34(27)16-20-14-21(30)10-11-23(20)31/h5-11,14,17,22,26H,12-13,15-16,18,32H2,1-4H3/t22-,26+/m1/s1. The second kappa shape index (κ2) is 12.4. The van der Waals surface area contributed by atoms with Gasteiger partial charge in [0.25, 0.3) is 0 Å². The largest absolute Gasteiger partial charge is 0.375 e. The van der Waals surface area contributed by atoms with Gasteiger partial charge in [-0.2, -0.15) is 0 Å². The van der Waals surface area contributed by atoms with Crippen LogP contribution in [0.5, 0.6) is 0 Å². The van der Waals surface area contributed by atoms with E-state index in [-0.39, 0.29) is 37.6 Å². The summed E-state index contributed by atoms with van der Waals surface area (Å²) in [5, 5.41) is 0. The Morgan fingerprint density at radius 1 is 1.16 bits per heavy atom. The number of carbonyl (C=O) groups is 1. The average Bonchev–Trinajstić information content (AvgIpc) is 3.26. The van der Waals surface area contributed by atoms with Crippen LogP contribution in [0.3, 0.4) is 0 Å². The zero-order chi connectivity index (χ0) is 27.2. The summed E-state index contributed by atoms with van der Waals surface area (Å²) >= 11 is 0. The van der Waals surface area contributed by atoms with Crippen LogP contribution in [0.4, 0.5) is 13.2 Å². The molecule has 2 aromatic carbocycles. The van der Waals surface area contributed by atoms with Crippen molar-refractivity contribution in [3.8, 4) is 11.3 Å². The summed E-state index contributed by atoms with van der Waals surface area (Å²) in [6, 6.07) is 11.5. The van der Waals surface area contributed by atoms with Crippen molar-refractivity contribution in [3.05, 3.63) is 77.8 Å². The second-order valence-electron chi connectivity index (χ2n) is 10.2. The van der Waals surface area contributed by atoms with Crippen LogP contribution >= 0.6 is 0 Å². The molecule has 3 aromatic rings. The predicted molar refractivity (Wildman–Crippen MR) is 137 cm³/mol. The third-order valence-electron chi connectivity index (χ3n) is 6.13. The topological polar surface area (TPSA) is 73.4 Å². The summed E-state index contributed by atoms with van der Waals surface area (Å²) in [6.07, 6.45) is 2.02. The predicted octanol–water partition coefficient (Wildman–Crippen LogP) is 5.13. The molecule has 0 saturated carbocycles. The van der Waals surface area contributed by atoms with E-state index in [1.165, 1.54) is 7.11 Å². The van der Waals surface area contributed by atoms with E-state index in [4.69, 9.17) is 15.5 Å². The lowest BCUT2D eigenvalue weighted by atomic mass is 9.84. The normalized spacial score (nSPS) is 13.4. The first-order valence-corrected chi connectivity index (χ1v) is 12.2. The van der Waals surface area contributed by atoms with Gasteiger partial charge >= 0.3 is 0 Å². The van der Waals surface area contributed by atoms with Crippen LogP contribution in [0.2, 0.25) is 0 Å². The first kappa shape index (κ1) is 28.4. The van der Waals surface area contributed by atoms with Gasteiger partial charge in [0.1, 0.15) is 30.7 Å². The molecule has 1 heterocycles. The number of benzene rings is 2. The number of methoxy groups -OCH3 is 1. The van der Waals surface area contributed by atoms with Crippen molar-refractivity contribution in [1.29, 1.82) is 0 Å². The minimum atomic E-state index is -0.723. The Bertz CT molecular complexity index is 1180. The van der Waals surface area contributed by atoms with Crippen molar-refractivity contribution < 1.29 is 22.7 Å². The number of aromatic nitrogens is 2. The first-order valence-electron chi connectivity index (χ1n) is 12.2. The summed E-state index contributed by atoms with van der Waals surface area (Å²) in [5.41, 5.74) is 6.92. The molecule has 0 spiro atoms. The van der Waals surface area contributed by atoms with Crippen LogP contribution in [0, 0.1) is 17.0 Å². The molecule has 0 bridgehead atoms. The Morgan fingerprint density at radius 3 is 2.49 bits per heavy atom. The van der Waals surface area contributed by atoms with E-state index in [0.29, 0.717) is 11.5 Å². The number of imidazole rings is 1. The highest BCUT2D eigenvalue weighted by atomic mass is 19.1. The molecule has 1 aromatic heterocycles. The second-order valence-corrected chi connectivity index (χ2v) is 10.2. The van der Waals surface area contributed by atoms with Gasteiger partial charge in [-0.05, 0) is 30.0 Å². The van der Waals surface area contributed by atoms with E-state index < -0.39 is 35.8 Å². The molecule has 37 heavy (non-hydrogen) atoms. The van der Waals surface area contributed by atoms with Crippen LogP contribution in [-0.2, 0) is 16.1 Å². The third kappa shape index (κ3) is 7.20. The summed E-state index contributed by atoms with van der Waals surface area (Å²) in [7, 11) is 1.43. The molecule has 0 saturated heterocycles. The maximum absolute atomic E-state index is 14.7. The molecule has 6 nitrogen and oxygen atoms in total. The summed E-state index contributed by atoms with van der Waals surface area (Å²) < 4.78 is 48.7. The van der Waals surface area contributed by atoms with Crippen molar-refractivity contribution in [2.45, 2.75) is 45.8 Å².